The number of nitro benzene ring substituents is 1. The molecule has 0 heterocycles. The lowest BCUT2D eigenvalue weighted by atomic mass is 10.3. The van der Waals surface area contributed by atoms with E-state index in [2.05, 4.69) is 16.3 Å². The first-order valence-electron chi connectivity index (χ1n) is 3.49. The maximum Gasteiger partial charge on any atom is 0.487 e. The van der Waals surface area contributed by atoms with E-state index >= 15 is 0 Å². The van der Waals surface area contributed by atoms with Crippen LogP contribution in [0.15, 0.2) is 18.2 Å². The molecule has 0 N–H and O–H groups in total. The Labute approximate surface area is 92.5 Å². The van der Waals surface area contributed by atoms with Gasteiger partial charge in [-0.2, -0.15) is 0 Å². The molecular formula is C7H3Cl2F2NO3. The van der Waals surface area contributed by atoms with Crippen molar-refractivity contribution in [3.63, 3.8) is 0 Å². The Morgan fingerprint density at radius 1 is 1.47 bits per heavy atom. The zero-order valence-electron chi connectivity index (χ0n) is 6.92. The molecule has 1 rings (SSSR count). The van der Waals surface area contributed by atoms with Gasteiger partial charge in [-0.15, -0.1) is 8.78 Å². The van der Waals surface area contributed by atoms with E-state index in [-0.39, 0.29) is 5.02 Å². The highest BCUT2D eigenvalue weighted by Crippen LogP contribution is 2.32. The first-order chi connectivity index (χ1) is 6.79. The van der Waals surface area contributed by atoms with Crippen LogP contribution in [0.4, 0.5) is 14.5 Å². The Morgan fingerprint density at radius 2 is 2.07 bits per heavy atom. The summed E-state index contributed by atoms with van der Waals surface area (Å²) in [5.74, 6) is -0.439. The molecule has 4 nitrogen and oxygen atoms in total. The third-order valence-corrected chi connectivity index (χ3v) is 1.74. The number of nitro groups is 1. The summed E-state index contributed by atoms with van der Waals surface area (Å²) >= 11 is 9.93. The fourth-order valence-corrected chi connectivity index (χ4v) is 1.11. The molecule has 0 saturated carbocycles. The van der Waals surface area contributed by atoms with Crippen molar-refractivity contribution in [2.45, 2.75) is 5.57 Å². The first-order valence-corrected chi connectivity index (χ1v) is 4.25. The van der Waals surface area contributed by atoms with Gasteiger partial charge in [0.25, 0.3) is 5.69 Å². The summed E-state index contributed by atoms with van der Waals surface area (Å²) in [6, 6.07) is 2.88. The van der Waals surface area contributed by atoms with Crippen LogP contribution in [-0.4, -0.2) is 10.5 Å². The summed E-state index contributed by atoms with van der Waals surface area (Å²) in [4.78, 5) is 9.57. The molecule has 0 aromatic heterocycles. The number of halogens is 4. The van der Waals surface area contributed by atoms with Gasteiger partial charge in [-0.3, -0.25) is 10.1 Å². The second kappa shape index (κ2) is 4.16. The van der Waals surface area contributed by atoms with Gasteiger partial charge >= 0.3 is 5.57 Å². The number of alkyl halides is 3. The Hall–Kier alpha value is -1.14. The molecule has 0 fully saturated rings. The minimum atomic E-state index is -3.91. The van der Waals surface area contributed by atoms with Crippen LogP contribution in [0.3, 0.4) is 0 Å². The van der Waals surface area contributed by atoms with Gasteiger partial charge in [0.2, 0.25) is 0 Å². The molecule has 15 heavy (non-hydrogen) atoms. The maximum atomic E-state index is 12.2. The number of hydrogen-bond acceptors (Lipinski definition) is 3. The monoisotopic (exact) mass is 257 g/mol. The van der Waals surface area contributed by atoms with Crippen molar-refractivity contribution in [2.75, 3.05) is 0 Å². The molecule has 82 valence electrons. The van der Waals surface area contributed by atoms with Gasteiger partial charge in [-0.25, -0.2) is 0 Å². The van der Waals surface area contributed by atoms with E-state index in [1.165, 1.54) is 0 Å². The Balaban J connectivity index is 3.03. The smallest absolute Gasteiger partial charge is 0.420 e. The van der Waals surface area contributed by atoms with Gasteiger partial charge in [0, 0.05) is 11.6 Å². The molecule has 1 aromatic carbocycles. The SMILES string of the molecule is O=[N+]([O-])c1cc(OC(F)(F)Cl)ccc1Cl. The molecule has 8 heteroatoms. The van der Waals surface area contributed by atoms with Crippen molar-refractivity contribution < 1.29 is 18.4 Å². The highest BCUT2D eigenvalue weighted by molar-refractivity contribution is 6.32. The van der Waals surface area contributed by atoms with E-state index in [1.807, 2.05) is 0 Å². The highest BCUT2D eigenvalue weighted by Gasteiger charge is 2.28. The van der Waals surface area contributed by atoms with E-state index in [4.69, 9.17) is 11.6 Å². The van der Waals surface area contributed by atoms with Crippen LogP contribution in [0.1, 0.15) is 0 Å². The van der Waals surface area contributed by atoms with Gasteiger partial charge in [0.15, 0.2) is 0 Å². The minimum absolute atomic E-state index is 0.176. The first kappa shape index (κ1) is 11.9. The Kier molecular flexibility index (Phi) is 3.31. The summed E-state index contributed by atoms with van der Waals surface area (Å²) in [5.41, 5.74) is -4.45. The molecular weight excluding hydrogens is 255 g/mol. The zero-order valence-corrected chi connectivity index (χ0v) is 8.43. The third-order valence-electron chi connectivity index (χ3n) is 1.35. The van der Waals surface area contributed by atoms with E-state index in [9.17, 15) is 18.9 Å². The molecule has 0 spiro atoms. The summed E-state index contributed by atoms with van der Waals surface area (Å²) < 4.78 is 28.3. The quantitative estimate of drug-likeness (QED) is 0.474. The molecule has 0 amide bonds. The standard InChI is InChI=1S/C7H3Cl2F2NO3/c8-5-2-1-4(15-7(9,10)11)3-6(5)12(13)14/h1-3H. The fourth-order valence-electron chi connectivity index (χ4n) is 0.830. The fraction of sp³-hybridized carbons (Fsp3) is 0.143. The van der Waals surface area contributed by atoms with Crippen LogP contribution in [-0.2, 0) is 0 Å². The molecule has 0 aliphatic rings. The molecule has 0 bridgehead atoms. The molecule has 0 aliphatic heterocycles. The molecule has 1 aromatic rings. The van der Waals surface area contributed by atoms with Crippen LogP contribution in [0, 0.1) is 10.1 Å². The average molecular weight is 258 g/mol. The normalized spacial score (nSPS) is 11.2. The van der Waals surface area contributed by atoms with Gasteiger partial charge in [-0.05, 0) is 12.1 Å². The van der Waals surface area contributed by atoms with Crippen molar-refractivity contribution in [3.8, 4) is 5.75 Å². The van der Waals surface area contributed by atoms with E-state index in [1.54, 1.807) is 0 Å². The van der Waals surface area contributed by atoms with Crippen molar-refractivity contribution in [2.24, 2.45) is 0 Å². The average Bonchev–Trinajstić information content (AvgIpc) is 2.05. The zero-order chi connectivity index (χ0) is 11.6. The van der Waals surface area contributed by atoms with Crippen molar-refractivity contribution >= 4 is 28.9 Å². The number of benzene rings is 1. The lowest BCUT2D eigenvalue weighted by molar-refractivity contribution is -0.384. The summed E-state index contributed by atoms with van der Waals surface area (Å²) in [5, 5.41) is 10.2. The van der Waals surface area contributed by atoms with Crippen molar-refractivity contribution in [3.05, 3.63) is 33.3 Å². The molecule has 0 unspecified atom stereocenters. The van der Waals surface area contributed by atoms with Crippen LogP contribution >= 0.6 is 23.2 Å². The molecule has 0 saturated heterocycles. The second-order valence-corrected chi connectivity index (χ2v) is 3.27. The van der Waals surface area contributed by atoms with Crippen LogP contribution < -0.4 is 4.74 Å². The topological polar surface area (TPSA) is 52.4 Å². The van der Waals surface area contributed by atoms with Crippen molar-refractivity contribution in [1.82, 2.24) is 0 Å². The minimum Gasteiger partial charge on any atom is -0.420 e. The summed E-state index contributed by atoms with van der Waals surface area (Å²) in [6.07, 6.45) is 0. The lowest BCUT2D eigenvalue weighted by Crippen LogP contribution is -2.15. The number of rotatable bonds is 3. The molecule has 0 aliphatic carbocycles. The Morgan fingerprint density at radius 3 is 2.53 bits per heavy atom. The predicted molar refractivity (Wildman–Crippen MR) is 49.5 cm³/mol. The Bertz CT molecular complexity index is 394. The number of ether oxygens (including phenoxy) is 1. The van der Waals surface area contributed by atoms with Gasteiger partial charge in [-0.1, -0.05) is 11.6 Å². The number of nitrogens with zero attached hydrogens (tertiary/aromatic N) is 1. The van der Waals surface area contributed by atoms with Crippen LogP contribution in [0.25, 0.3) is 0 Å². The van der Waals surface area contributed by atoms with Crippen molar-refractivity contribution in [1.29, 1.82) is 0 Å². The van der Waals surface area contributed by atoms with E-state index in [0.29, 0.717) is 0 Å². The third kappa shape index (κ3) is 3.49. The van der Waals surface area contributed by atoms with E-state index in [0.717, 1.165) is 18.2 Å². The van der Waals surface area contributed by atoms with Gasteiger partial charge in [0.1, 0.15) is 10.8 Å². The van der Waals surface area contributed by atoms with Crippen LogP contribution in [0.5, 0.6) is 5.75 Å². The molecule has 0 atom stereocenters. The van der Waals surface area contributed by atoms with Gasteiger partial charge < -0.3 is 4.74 Å². The predicted octanol–water partition coefficient (Wildman–Crippen LogP) is 3.42. The summed E-state index contributed by atoms with van der Waals surface area (Å²) in [7, 11) is 0. The van der Waals surface area contributed by atoms with Gasteiger partial charge in [0.05, 0.1) is 11.0 Å². The second-order valence-electron chi connectivity index (χ2n) is 2.42. The highest BCUT2D eigenvalue weighted by atomic mass is 35.5. The lowest BCUT2D eigenvalue weighted by Gasteiger charge is -2.09. The maximum absolute atomic E-state index is 12.2. The largest absolute Gasteiger partial charge is 0.487 e. The number of hydrogen-bond donors (Lipinski definition) is 0. The molecule has 0 radical (unpaired) electrons. The van der Waals surface area contributed by atoms with E-state index < -0.39 is 21.9 Å². The summed E-state index contributed by atoms with van der Waals surface area (Å²) in [6.45, 7) is 0. The van der Waals surface area contributed by atoms with Crippen LogP contribution in [0.2, 0.25) is 5.02 Å².